The number of rotatable bonds is 4. The lowest BCUT2D eigenvalue weighted by Crippen LogP contribution is -2.41. The maximum absolute atomic E-state index is 12.7. The molecule has 6 nitrogen and oxygen atoms in total. The number of amides is 1. The van der Waals surface area contributed by atoms with E-state index >= 15 is 0 Å². The average Bonchev–Trinajstić information content (AvgIpc) is 2.64. The first-order chi connectivity index (χ1) is 12.0. The molecule has 1 saturated carbocycles. The largest absolute Gasteiger partial charge is 0.379 e. The fourth-order valence-electron chi connectivity index (χ4n) is 3.52. The predicted molar refractivity (Wildman–Crippen MR) is 94.9 cm³/mol. The number of hydrogen-bond donors (Lipinski definition) is 1. The highest BCUT2D eigenvalue weighted by Crippen LogP contribution is 2.24. The molecule has 1 aromatic rings. The van der Waals surface area contributed by atoms with Crippen molar-refractivity contribution in [2.24, 2.45) is 5.92 Å². The summed E-state index contributed by atoms with van der Waals surface area (Å²) in [5, 5.41) is 3.08. The number of carbonyl (C=O) groups is 1. The topological polar surface area (TPSA) is 75.7 Å². The van der Waals surface area contributed by atoms with Gasteiger partial charge in [-0.05, 0) is 37.0 Å². The van der Waals surface area contributed by atoms with Crippen LogP contribution >= 0.6 is 0 Å². The van der Waals surface area contributed by atoms with Crippen LogP contribution in [0.2, 0.25) is 0 Å². The molecule has 1 aromatic carbocycles. The van der Waals surface area contributed by atoms with Crippen molar-refractivity contribution < 1.29 is 17.9 Å². The second-order valence-electron chi connectivity index (χ2n) is 6.89. The van der Waals surface area contributed by atoms with Crippen molar-refractivity contribution in [3.8, 4) is 0 Å². The Hall–Kier alpha value is -1.44. The Kier molecular flexibility index (Phi) is 5.76. The van der Waals surface area contributed by atoms with Gasteiger partial charge in [-0.25, -0.2) is 8.42 Å². The SMILES string of the molecule is C[C@H]1CCCC[C@H]1NC(=O)c1cccc(S(=O)(=O)N2CCOCC2)c1. The molecule has 138 valence electrons. The van der Waals surface area contributed by atoms with Gasteiger partial charge in [-0.3, -0.25) is 4.79 Å². The van der Waals surface area contributed by atoms with Crippen molar-refractivity contribution in [1.82, 2.24) is 9.62 Å². The van der Waals surface area contributed by atoms with E-state index in [9.17, 15) is 13.2 Å². The Morgan fingerprint density at radius 1 is 1.20 bits per heavy atom. The number of sulfonamides is 1. The highest BCUT2D eigenvalue weighted by molar-refractivity contribution is 7.89. The molecule has 1 amide bonds. The van der Waals surface area contributed by atoms with Gasteiger partial charge in [-0.15, -0.1) is 0 Å². The van der Waals surface area contributed by atoms with Gasteiger partial charge < -0.3 is 10.1 Å². The fourth-order valence-corrected chi connectivity index (χ4v) is 4.97. The van der Waals surface area contributed by atoms with Crippen LogP contribution < -0.4 is 5.32 Å². The van der Waals surface area contributed by atoms with Gasteiger partial charge in [0.2, 0.25) is 10.0 Å². The number of ether oxygens (including phenoxy) is 1. The number of morpholine rings is 1. The predicted octanol–water partition coefficient (Wildman–Crippen LogP) is 2.02. The van der Waals surface area contributed by atoms with E-state index in [-0.39, 0.29) is 16.8 Å². The Morgan fingerprint density at radius 3 is 2.64 bits per heavy atom. The van der Waals surface area contributed by atoms with Crippen LogP contribution in [0.5, 0.6) is 0 Å². The summed E-state index contributed by atoms with van der Waals surface area (Å²) in [5.41, 5.74) is 0.395. The van der Waals surface area contributed by atoms with Crippen LogP contribution in [0, 0.1) is 5.92 Å². The summed E-state index contributed by atoms with van der Waals surface area (Å²) < 4.78 is 32.1. The van der Waals surface area contributed by atoms with E-state index in [4.69, 9.17) is 4.74 Å². The lowest BCUT2D eigenvalue weighted by molar-refractivity contribution is 0.0730. The first-order valence-electron chi connectivity index (χ1n) is 8.97. The summed E-state index contributed by atoms with van der Waals surface area (Å²) in [6.07, 6.45) is 4.44. The highest BCUT2D eigenvalue weighted by Gasteiger charge is 2.28. The van der Waals surface area contributed by atoms with E-state index in [0.29, 0.717) is 37.8 Å². The molecule has 2 atom stereocenters. The minimum absolute atomic E-state index is 0.166. The number of nitrogens with one attached hydrogen (secondary N) is 1. The molecule has 7 heteroatoms. The van der Waals surface area contributed by atoms with E-state index in [1.807, 2.05) is 0 Å². The van der Waals surface area contributed by atoms with Gasteiger partial charge in [0.25, 0.3) is 5.91 Å². The van der Waals surface area contributed by atoms with Crippen LogP contribution in [-0.4, -0.2) is 51.0 Å². The van der Waals surface area contributed by atoms with Crippen molar-refractivity contribution in [2.75, 3.05) is 26.3 Å². The minimum atomic E-state index is -3.59. The van der Waals surface area contributed by atoms with Gasteiger partial charge in [0.15, 0.2) is 0 Å². The fraction of sp³-hybridized carbons (Fsp3) is 0.611. The smallest absolute Gasteiger partial charge is 0.251 e. The molecule has 25 heavy (non-hydrogen) atoms. The molecule has 0 radical (unpaired) electrons. The quantitative estimate of drug-likeness (QED) is 0.884. The lowest BCUT2D eigenvalue weighted by Gasteiger charge is -2.29. The monoisotopic (exact) mass is 366 g/mol. The van der Waals surface area contributed by atoms with Gasteiger partial charge in [-0.1, -0.05) is 25.8 Å². The Morgan fingerprint density at radius 2 is 1.92 bits per heavy atom. The molecule has 1 saturated heterocycles. The van der Waals surface area contributed by atoms with Crippen molar-refractivity contribution in [1.29, 1.82) is 0 Å². The Balaban J connectivity index is 1.75. The summed E-state index contributed by atoms with van der Waals surface area (Å²) in [6.45, 7) is 3.65. The van der Waals surface area contributed by atoms with E-state index in [0.717, 1.165) is 19.3 Å². The second kappa shape index (κ2) is 7.85. The van der Waals surface area contributed by atoms with Crippen LogP contribution in [0.15, 0.2) is 29.2 Å². The molecule has 2 aliphatic rings. The molecular weight excluding hydrogens is 340 g/mol. The molecule has 2 fully saturated rings. The van der Waals surface area contributed by atoms with Crippen molar-refractivity contribution in [2.45, 2.75) is 43.5 Å². The van der Waals surface area contributed by atoms with E-state index < -0.39 is 10.0 Å². The molecule has 1 N–H and O–H groups in total. The Bertz CT molecular complexity index is 714. The van der Waals surface area contributed by atoms with Crippen molar-refractivity contribution in [3.63, 3.8) is 0 Å². The summed E-state index contributed by atoms with van der Waals surface area (Å²) in [6, 6.07) is 6.49. The van der Waals surface area contributed by atoms with Gasteiger partial charge in [0, 0.05) is 24.7 Å². The van der Waals surface area contributed by atoms with E-state index in [1.165, 1.54) is 16.8 Å². The van der Waals surface area contributed by atoms with Gasteiger partial charge in [0.1, 0.15) is 0 Å². The average molecular weight is 366 g/mol. The third-order valence-corrected chi connectivity index (χ3v) is 7.03. The molecule has 1 aliphatic heterocycles. The van der Waals surface area contributed by atoms with Crippen LogP contribution in [0.3, 0.4) is 0 Å². The third kappa shape index (κ3) is 4.22. The number of benzene rings is 1. The zero-order chi connectivity index (χ0) is 17.9. The Labute approximate surface area is 149 Å². The first kappa shape index (κ1) is 18.4. The normalized spacial score (nSPS) is 25.5. The standard InChI is InChI=1S/C18H26N2O4S/c1-14-5-2-3-8-17(14)19-18(21)15-6-4-7-16(13-15)25(22,23)20-9-11-24-12-10-20/h4,6-7,13-14,17H,2-3,5,8-12H2,1H3,(H,19,21)/t14-,17+/m0/s1. The van der Waals surface area contributed by atoms with Crippen LogP contribution in [0.1, 0.15) is 43.0 Å². The first-order valence-corrected chi connectivity index (χ1v) is 10.4. The molecule has 0 aromatic heterocycles. The van der Waals surface area contributed by atoms with Gasteiger partial charge >= 0.3 is 0 Å². The third-order valence-electron chi connectivity index (χ3n) is 5.13. The maximum atomic E-state index is 12.7. The lowest BCUT2D eigenvalue weighted by atomic mass is 9.86. The molecule has 0 bridgehead atoms. The molecule has 3 rings (SSSR count). The van der Waals surface area contributed by atoms with E-state index in [1.54, 1.807) is 18.2 Å². The molecular formula is C18H26N2O4S. The summed E-state index contributed by atoms with van der Waals surface area (Å²) >= 11 is 0. The zero-order valence-corrected chi connectivity index (χ0v) is 15.4. The summed E-state index contributed by atoms with van der Waals surface area (Å²) in [7, 11) is -3.59. The number of hydrogen-bond acceptors (Lipinski definition) is 4. The van der Waals surface area contributed by atoms with Crippen molar-refractivity contribution in [3.05, 3.63) is 29.8 Å². The molecule has 1 heterocycles. The maximum Gasteiger partial charge on any atom is 0.251 e. The summed E-state index contributed by atoms with van der Waals surface area (Å²) in [4.78, 5) is 12.7. The number of nitrogens with zero attached hydrogens (tertiary/aromatic N) is 1. The molecule has 0 unspecified atom stereocenters. The molecule has 1 aliphatic carbocycles. The molecule has 0 spiro atoms. The zero-order valence-electron chi connectivity index (χ0n) is 14.6. The number of carbonyl (C=O) groups excluding carboxylic acids is 1. The van der Waals surface area contributed by atoms with Gasteiger partial charge in [-0.2, -0.15) is 4.31 Å². The van der Waals surface area contributed by atoms with Crippen molar-refractivity contribution >= 4 is 15.9 Å². The van der Waals surface area contributed by atoms with Crippen LogP contribution in [0.25, 0.3) is 0 Å². The van der Waals surface area contributed by atoms with Crippen LogP contribution in [-0.2, 0) is 14.8 Å². The minimum Gasteiger partial charge on any atom is -0.379 e. The second-order valence-corrected chi connectivity index (χ2v) is 8.82. The van der Waals surface area contributed by atoms with E-state index in [2.05, 4.69) is 12.2 Å². The van der Waals surface area contributed by atoms with Crippen LogP contribution in [0.4, 0.5) is 0 Å². The van der Waals surface area contributed by atoms with Gasteiger partial charge in [0.05, 0.1) is 18.1 Å². The highest BCUT2D eigenvalue weighted by atomic mass is 32.2. The summed E-state index contributed by atoms with van der Waals surface area (Å²) in [5.74, 6) is 0.260.